The van der Waals surface area contributed by atoms with E-state index in [1.165, 1.54) is 4.90 Å². The predicted octanol–water partition coefficient (Wildman–Crippen LogP) is 3.14. The molecule has 1 atom stereocenters. The van der Waals surface area contributed by atoms with Crippen molar-refractivity contribution < 1.29 is 22.5 Å². The van der Waals surface area contributed by atoms with E-state index in [4.69, 9.17) is 4.52 Å². The van der Waals surface area contributed by atoms with Crippen molar-refractivity contribution in [2.75, 3.05) is 13.1 Å². The van der Waals surface area contributed by atoms with E-state index in [0.29, 0.717) is 44.1 Å². The number of hydrogen-bond donors (Lipinski definition) is 1. The summed E-state index contributed by atoms with van der Waals surface area (Å²) in [6, 6.07) is -0.659. The highest BCUT2D eigenvalue weighted by Crippen LogP contribution is 2.41. The van der Waals surface area contributed by atoms with Gasteiger partial charge in [-0.15, -0.1) is 0 Å². The summed E-state index contributed by atoms with van der Waals surface area (Å²) in [6.07, 6.45) is -2.21. The SMILES string of the molecule is Cc1noc(C2CCN(C(=O)NC3(C(F)(F)F)CCCCC3)C2)n1. The molecule has 2 fully saturated rings. The van der Waals surface area contributed by atoms with Crippen molar-refractivity contribution in [1.29, 1.82) is 0 Å². The molecule has 1 aliphatic carbocycles. The molecule has 24 heavy (non-hydrogen) atoms. The summed E-state index contributed by atoms with van der Waals surface area (Å²) < 4.78 is 45.7. The molecule has 1 aromatic rings. The molecular weight excluding hydrogens is 325 g/mol. The maximum absolute atomic E-state index is 13.5. The van der Waals surface area contributed by atoms with Gasteiger partial charge in [0.1, 0.15) is 5.54 Å². The molecule has 1 aromatic heterocycles. The van der Waals surface area contributed by atoms with Crippen LogP contribution >= 0.6 is 0 Å². The molecule has 1 unspecified atom stereocenters. The van der Waals surface area contributed by atoms with Crippen molar-refractivity contribution in [3.63, 3.8) is 0 Å². The number of rotatable bonds is 2. The van der Waals surface area contributed by atoms with Crippen LogP contribution < -0.4 is 5.32 Å². The van der Waals surface area contributed by atoms with Gasteiger partial charge in [0.15, 0.2) is 5.82 Å². The third kappa shape index (κ3) is 3.21. The molecule has 1 N–H and O–H groups in total. The number of nitrogens with one attached hydrogen (secondary N) is 1. The highest BCUT2D eigenvalue weighted by Gasteiger charge is 2.56. The molecule has 1 saturated heterocycles. The van der Waals surface area contributed by atoms with Crippen LogP contribution in [-0.4, -0.2) is 45.9 Å². The zero-order valence-corrected chi connectivity index (χ0v) is 13.5. The third-order valence-corrected chi connectivity index (χ3v) is 4.96. The van der Waals surface area contributed by atoms with Crippen LogP contribution in [0, 0.1) is 6.92 Å². The van der Waals surface area contributed by atoms with Crippen LogP contribution in [-0.2, 0) is 0 Å². The Hall–Kier alpha value is -1.80. The van der Waals surface area contributed by atoms with Gasteiger partial charge in [-0.3, -0.25) is 0 Å². The van der Waals surface area contributed by atoms with Gasteiger partial charge in [-0.1, -0.05) is 24.4 Å². The highest BCUT2D eigenvalue weighted by atomic mass is 19.4. The zero-order chi connectivity index (χ0) is 17.4. The van der Waals surface area contributed by atoms with Gasteiger partial charge in [-0.05, 0) is 26.2 Å². The molecule has 0 bridgehead atoms. The maximum Gasteiger partial charge on any atom is 0.411 e. The van der Waals surface area contributed by atoms with Crippen LogP contribution in [0.1, 0.15) is 56.2 Å². The lowest BCUT2D eigenvalue weighted by molar-refractivity contribution is -0.202. The Kier molecular flexibility index (Phi) is 4.44. The Morgan fingerprint density at radius 2 is 2.04 bits per heavy atom. The Bertz CT molecular complexity index is 596. The van der Waals surface area contributed by atoms with E-state index in [9.17, 15) is 18.0 Å². The van der Waals surface area contributed by atoms with Crippen LogP contribution in [0.15, 0.2) is 4.52 Å². The number of urea groups is 1. The summed E-state index contributed by atoms with van der Waals surface area (Å²) in [7, 11) is 0. The second kappa shape index (κ2) is 6.25. The van der Waals surface area contributed by atoms with E-state index >= 15 is 0 Å². The van der Waals surface area contributed by atoms with Crippen molar-refractivity contribution in [3.05, 3.63) is 11.7 Å². The maximum atomic E-state index is 13.5. The molecular formula is C15H21F3N4O2. The molecule has 9 heteroatoms. The van der Waals surface area contributed by atoms with Gasteiger partial charge in [-0.25, -0.2) is 4.79 Å². The predicted molar refractivity (Wildman–Crippen MR) is 78.4 cm³/mol. The topological polar surface area (TPSA) is 71.3 Å². The van der Waals surface area contributed by atoms with E-state index in [-0.39, 0.29) is 18.8 Å². The minimum Gasteiger partial charge on any atom is -0.339 e. The molecule has 0 aromatic carbocycles. The van der Waals surface area contributed by atoms with Gasteiger partial charge in [0, 0.05) is 13.1 Å². The Balaban J connectivity index is 1.66. The number of amides is 2. The van der Waals surface area contributed by atoms with E-state index in [1.54, 1.807) is 6.92 Å². The Morgan fingerprint density at radius 3 is 2.62 bits per heavy atom. The fourth-order valence-electron chi connectivity index (χ4n) is 3.54. The first-order chi connectivity index (χ1) is 11.3. The Morgan fingerprint density at radius 1 is 1.33 bits per heavy atom. The monoisotopic (exact) mass is 346 g/mol. The molecule has 1 aliphatic heterocycles. The van der Waals surface area contributed by atoms with E-state index in [0.717, 1.165) is 6.42 Å². The fraction of sp³-hybridized carbons (Fsp3) is 0.800. The smallest absolute Gasteiger partial charge is 0.339 e. The van der Waals surface area contributed by atoms with Crippen molar-refractivity contribution in [3.8, 4) is 0 Å². The van der Waals surface area contributed by atoms with Crippen LogP contribution in [0.4, 0.5) is 18.0 Å². The summed E-state index contributed by atoms with van der Waals surface area (Å²) in [5.74, 6) is 0.822. The summed E-state index contributed by atoms with van der Waals surface area (Å²) in [6.45, 7) is 2.37. The normalized spacial score (nSPS) is 24.2. The zero-order valence-electron chi connectivity index (χ0n) is 13.5. The number of carbonyl (C=O) groups is 1. The number of nitrogens with zero attached hydrogens (tertiary/aromatic N) is 3. The number of halogens is 3. The largest absolute Gasteiger partial charge is 0.411 e. The van der Waals surface area contributed by atoms with Crippen LogP contribution in [0.3, 0.4) is 0 Å². The highest BCUT2D eigenvalue weighted by molar-refractivity contribution is 5.75. The van der Waals surface area contributed by atoms with E-state index in [2.05, 4.69) is 15.5 Å². The minimum atomic E-state index is -4.44. The molecule has 6 nitrogen and oxygen atoms in total. The number of carbonyl (C=O) groups excluding carboxylic acids is 1. The van der Waals surface area contributed by atoms with Gasteiger partial charge in [0.2, 0.25) is 5.89 Å². The minimum absolute atomic E-state index is 0.0532. The molecule has 1 saturated carbocycles. The lowest BCUT2D eigenvalue weighted by Crippen LogP contribution is -2.61. The second-order valence-electron chi connectivity index (χ2n) is 6.68. The van der Waals surface area contributed by atoms with Gasteiger partial charge in [0.25, 0.3) is 0 Å². The van der Waals surface area contributed by atoms with Crippen LogP contribution in [0.5, 0.6) is 0 Å². The molecule has 2 heterocycles. The van der Waals surface area contributed by atoms with E-state index < -0.39 is 17.7 Å². The number of alkyl halides is 3. The summed E-state index contributed by atoms with van der Waals surface area (Å²) in [5, 5.41) is 6.00. The average molecular weight is 346 g/mol. The Labute approximate surface area is 137 Å². The van der Waals surface area contributed by atoms with Gasteiger partial charge in [0.05, 0.1) is 5.92 Å². The van der Waals surface area contributed by atoms with Crippen LogP contribution in [0.2, 0.25) is 0 Å². The number of likely N-dealkylation sites (tertiary alicyclic amines) is 1. The first kappa shape index (κ1) is 17.0. The van der Waals surface area contributed by atoms with Gasteiger partial charge in [-0.2, -0.15) is 18.2 Å². The standard InChI is InChI=1S/C15H21F3N4O2/c1-10-19-12(24-21-10)11-5-8-22(9-11)13(23)20-14(15(16,17)18)6-3-2-4-7-14/h11H,2-9H2,1H3,(H,20,23). The summed E-state index contributed by atoms with van der Waals surface area (Å²) >= 11 is 0. The number of aryl methyl sites for hydroxylation is 1. The first-order valence-corrected chi connectivity index (χ1v) is 8.25. The molecule has 134 valence electrons. The van der Waals surface area contributed by atoms with Crippen molar-refractivity contribution in [1.82, 2.24) is 20.4 Å². The average Bonchev–Trinajstić information content (AvgIpc) is 3.15. The lowest BCUT2D eigenvalue weighted by atomic mass is 9.81. The quantitative estimate of drug-likeness (QED) is 0.893. The lowest BCUT2D eigenvalue weighted by Gasteiger charge is -2.40. The van der Waals surface area contributed by atoms with Crippen molar-refractivity contribution >= 4 is 6.03 Å². The van der Waals surface area contributed by atoms with Crippen LogP contribution in [0.25, 0.3) is 0 Å². The molecule has 2 amide bonds. The molecule has 2 aliphatic rings. The first-order valence-electron chi connectivity index (χ1n) is 8.25. The second-order valence-corrected chi connectivity index (χ2v) is 6.68. The van der Waals surface area contributed by atoms with Gasteiger partial charge >= 0.3 is 12.2 Å². The number of hydrogen-bond acceptors (Lipinski definition) is 4. The van der Waals surface area contributed by atoms with Crippen molar-refractivity contribution in [2.45, 2.75) is 63.1 Å². The molecule has 3 rings (SSSR count). The van der Waals surface area contributed by atoms with Gasteiger partial charge < -0.3 is 14.7 Å². The summed E-state index contributed by atoms with van der Waals surface area (Å²) in [5.41, 5.74) is -2.10. The van der Waals surface area contributed by atoms with E-state index in [1.807, 2.05) is 0 Å². The van der Waals surface area contributed by atoms with Crippen molar-refractivity contribution in [2.24, 2.45) is 0 Å². The molecule has 0 radical (unpaired) electrons. The summed E-state index contributed by atoms with van der Waals surface area (Å²) in [4.78, 5) is 17.9. The fourth-order valence-corrected chi connectivity index (χ4v) is 3.54. The molecule has 0 spiro atoms. The third-order valence-electron chi connectivity index (χ3n) is 4.96. The number of aromatic nitrogens is 2.